The monoisotopic (exact) mass is 347 g/mol. The van der Waals surface area contributed by atoms with Crippen molar-refractivity contribution in [3.8, 4) is 0 Å². The summed E-state index contributed by atoms with van der Waals surface area (Å²) in [5.74, 6) is 1.44. The number of rotatable bonds is 9. The van der Waals surface area contributed by atoms with Gasteiger partial charge in [0.2, 0.25) is 0 Å². The van der Waals surface area contributed by atoms with Gasteiger partial charge >= 0.3 is 0 Å². The number of halogens is 1. The van der Waals surface area contributed by atoms with Gasteiger partial charge in [-0.2, -0.15) is 0 Å². The second-order valence-corrected chi connectivity index (χ2v) is 5.70. The number of hydrogen-bond donors (Lipinski definition) is 1. The number of nitrogens with one attached hydrogen (secondary N) is 1. The minimum absolute atomic E-state index is 0.221. The summed E-state index contributed by atoms with van der Waals surface area (Å²) >= 11 is 0. The highest BCUT2D eigenvalue weighted by atomic mass is 19.1. The molecule has 0 bridgehead atoms. The summed E-state index contributed by atoms with van der Waals surface area (Å²) in [4.78, 5) is 6.64. The number of benzene rings is 1. The molecule has 1 N–H and O–H groups in total. The second kappa shape index (κ2) is 10.5. The Kier molecular flexibility index (Phi) is 7.98. The Bertz CT molecular complexity index is 627. The fourth-order valence-electron chi connectivity index (χ4n) is 2.33. The quantitative estimate of drug-likeness (QED) is 0.429. The van der Waals surface area contributed by atoms with Crippen LogP contribution in [0.2, 0.25) is 0 Å². The van der Waals surface area contributed by atoms with Gasteiger partial charge in [0.1, 0.15) is 18.2 Å². The summed E-state index contributed by atoms with van der Waals surface area (Å²) in [6.07, 6.45) is 2.47. The Morgan fingerprint density at radius 3 is 2.76 bits per heavy atom. The number of furan rings is 1. The average Bonchev–Trinajstić information content (AvgIpc) is 3.12. The SMILES string of the molecule is CCNC(=NCCCOCc1ccco1)N(C)Cc1ccc(F)cc1. The molecule has 0 spiro atoms. The van der Waals surface area contributed by atoms with Crippen LogP contribution in [0.4, 0.5) is 4.39 Å². The molecule has 0 atom stereocenters. The summed E-state index contributed by atoms with van der Waals surface area (Å²) in [6, 6.07) is 10.3. The lowest BCUT2D eigenvalue weighted by atomic mass is 10.2. The molecule has 0 unspecified atom stereocenters. The van der Waals surface area contributed by atoms with Crippen LogP contribution < -0.4 is 5.32 Å². The predicted molar refractivity (Wildman–Crippen MR) is 96.8 cm³/mol. The predicted octanol–water partition coefficient (Wildman–Crippen LogP) is 3.42. The van der Waals surface area contributed by atoms with E-state index in [0.717, 1.165) is 30.2 Å². The standard InChI is InChI=1S/C19H26FN3O2/c1-3-21-19(23(2)14-16-7-9-17(20)10-8-16)22-11-5-12-24-15-18-6-4-13-25-18/h4,6-10,13H,3,5,11-12,14-15H2,1-2H3,(H,21,22). The molecule has 0 amide bonds. The highest BCUT2D eigenvalue weighted by molar-refractivity contribution is 5.79. The molecule has 136 valence electrons. The second-order valence-electron chi connectivity index (χ2n) is 5.70. The zero-order valence-corrected chi connectivity index (χ0v) is 14.9. The molecular formula is C19H26FN3O2. The van der Waals surface area contributed by atoms with Crippen molar-refractivity contribution in [2.24, 2.45) is 4.99 Å². The van der Waals surface area contributed by atoms with Gasteiger partial charge in [-0.1, -0.05) is 12.1 Å². The van der Waals surface area contributed by atoms with Crippen molar-refractivity contribution in [1.29, 1.82) is 0 Å². The lowest BCUT2D eigenvalue weighted by molar-refractivity contribution is 0.105. The Labute approximate surface area is 148 Å². The van der Waals surface area contributed by atoms with Gasteiger partial charge in [0.05, 0.1) is 6.26 Å². The summed E-state index contributed by atoms with van der Waals surface area (Å²) in [7, 11) is 1.97. The lowest BCUT2D eigenvalue weighted by Crippen LogP contribution is -2.38. The van der Waals surface area contributed by atoms with Crippen LogP contribution in [-0.2, 0) is 17.9 Å². The highest BCUT2D eigenvalue weighted by Gasteiger charge is 2.06. The first-order valence-electron chi connectivity index (χ1n) is 8.53. The minimum atomic E-state index is -0.221. The van der Waals surface area contributed by atoms with Gasteiger partial charge in [-0.15, -0.1) is 0 Å². The third kappa shape index (κ3) is 6.97. The number of nitrogens with zero attached hydrogens (tertiary/aromatic N) is 2. The van der Waals surface area contributed by atoms with Crippen LogP contribution in [0.1, 0.15) is 24.7 Å². The van der Waals surface area contributed by atoms with Gasteiger partial charge in [-0.3, -0.25) is 4.99 Å². The zero-order chi connectivity index (χ0) is 17.9. The Balaban J connectivity index is 1.75. The Morgan fingerprint density at radius 2 is 2.08 bits per heavy atom. The van der Waals surface area contributed by atoms with E-state index in [9.17, 15) is 4.39 Å². The fraction of sp³-hybridized carbons (Fsp3) is 0.421. The molecule has 2 aromatic rings. The highest BCUT2D eigenvalue weighted by Crippen LogP contribution is 2.06. The van der Waals surface area contributed by atoms with Crippen LogP contribution in [0.25, 0.3) is 0 Å². The van der Waals surface area contributed by atoms with Crippen molar-refractivity contribution in [3.63, 3.8) is 0 Å². The van der Waals surface area contributed by atoms with Crippen molar-refractivity contribution in [2.75, 3.05) is 26.7 Å². The van der Waals surface area contributed by atoms with Crippen molar-refractivity contribution in [3.05, 3.63) is 59.8 Å². The van der Waals surface area contributed by atoms with Gasteiger partial charge < -0.3 is 19.4 Å². The molecule has 1 aromatic carbocycles. The zero-order valence-electron chi connectivity index (χ0n) is 14.9. The molecular weight excluding hydrogens is 321 g/mol. The van der Waals surface area contributed by atoms with Crippen molar-refractivity contribution in [2.45, 2.75) is 26.5 Å². The molecule has 0 radical (unpaired) electrons. The topological polar surface area (TPSA) is 50.0 Å². The van der Waals surface area contributed by atoms with Crippen molar-refractivity contribution >= 4 is 5.96 Å². The first kappa shape index (κ1) is 19.0. The molecule has 0 aliphatic rings. The summed E-state index contributed by atoms with van der Waals surface area (Å²) in [5.41, 5.74) is 1.04. The van der Waals surface area contributed by atoms with E-state index >= 15 is 0 Å². The first-order valence-corrected chi connectivity index (χ1v) is 8.53. The van der Waals surface area contributed by atoms with Crippen LogP contribution in [0.3, 0.4) is 0 Å². The molecule has 0 saturated carbocycles. The minimum Gasteiger partial charge on any atom is -0.467 e. The number of guanidine groups is 1. The van der Waals surface area contributed by atoms with E-state index in [1.54, 1.807) is 18.4 Å². The molecule has 0 aliphatic carbocycles. The molecule has 1 aromatic heterocycles. The van der Waals surface area contributed by atoms with E-state index in [0.29, 0.717) is 26.3 Å². The van der Waals surface area contributed by atoms with E-state index in [4.69, 9.17) is 9.15 Å². The average molecular weight is 347 g/mol. The summed E-state index contributed by atoms with van der Waals surface area (Å²) in [6.45, 7) is 5.29. The third-order valence-electron chi connectivity index (χ3n) is 3.56. The number of aliphatic imine (C=N–C) groups is 1. The molecule has 0 aliphatic heterocycles. The van der Waals surface area contributed by atoms with E-state index in [1.807, 2.05) is 31.0 Å². The lowest BCUT2D eigenvalue weighted by Gasteiger charge is -2.22. The smallest absolute Gasteiger partial charge is 0.193 e. The van der Waals surface area contributed by atoms with Gasteiger partial charge in [-0.05, 0) is 43.2 Å². The normalized spacial score (nSPS) is 11.6. The van der Waals surface area contributed by atoms with Crippen molar-refractivity contribution in [1.82, 2.24) is 10.2 Å². The van der Waals surface area contributed by atoms with E-state index in [2.05, 4.69) is 10.3 Å². The van der Waals surface area contributed by atoms with Gasteiger partial charge in [0, 0.05) is 33.3 Å². The fourth-order valence-corrected chi connectivity index (χ4v) is 2.33. The third-order valence-corrected chi connectivity index (χ3v) is 3.56. The molecule has 6 heteroatoms. The molecule has 1 heterocycles. The molecule has 25 heavy (non-hydrogen) atoms. The molecule has 0 fully saturated rings. The first-order chi connectivity index (χ1) is 12.2. The molecule has 0 saturated heterocycles. The number of hydrogen-bond acceptors (Lipinski definition) is 3. The van der Waals surface area contributed by atoms with Crippen LogP contribution in [0.5, 0.6) is 0 Å². The van der Waals surface area contributed by atoms with Crippen molar-refractivity contribution < 1.29 is 13.5 Å². The van der Waals surface area contributed by atoms with Crippen LogP contribution in [-0.4, -0.2) is 37.6 Å². The van der Waals surface area contributed by atoms with E-state index in [-0.39, 0.29) is 5.82 Å². The maximum atomic E-state index is 13.0. The summed E-state index contributed by atoms with van der Waals surface area (Å²) < 4.78 is 23.8. The van der Waals surface area contributed by atoms with Gasteiger partial charge in [0.25, 0.3) is 0 Å². The Morgan fingerprint density at radius 1 is 1.28 bits per heavy atom. The maximum Gasteiger partial charge on any atom is 0.193 e. The van der Waals surface area contributed by atoms with E-state index < -0.39 is 0 Å². The van der Waals surface area contributed by atoms with E-state index in [1.165, 1.54) is 12.1 Å². The summed E-state index contributed by atoms with van der Waals surface area (Å²) in [5, 5.41) is 3.27. The number of ether oxygens (including phenoxy) is 1. The largest absolute Gasteiger partial charge is 0.467 e. The Hall–Kier alpha value is -2.34. The van der Waals surface area contributed by atoms with Gasteiger partial charge in [0.15, 0.2) is 5.96 Å². The van der Waals surface area contributed by atoms with Crippen LogP contribution >= 0.6 is 0 Å². The molecule has 2 rings (SSSR count). The molecule has 5 nitrogen and oxygen atoms in total. The maximum absolute atomic E-state index is 13.0. The van der Waals surface area contributed by atoms with Crippen LogP contribution in [0, 0.1) is 5.82 Å². The van der Waals surface area contributed by atoms with Crippen LogP contribution in [0.15, 0.2) is 52.1 Å². The van der Waals surface area contributed by atoms with Gasteiger partial charge in [-0.25, -0.2) is 4.39 Å².